The summed E-state index contributed by atoms with van der Waals surface area (Å²) in [5, 5.41) is 13.7. The van der Waals surface area contributed by atoms with Gasteiger partial charge < -0.3 is 19.9 Å². The zero-order chi connectivity index (χ0) is 22.4. The fourth-order valence-corrected chi connectivity index (χ4v) is 3.56. The Bertz CT molecular complexity index is 1090. The maximum absolute atomic E-state index is 11.3. The van der Waals surface area contributed by atoms with Crippen molar-refractivity contribution in [2.75, 3.05) is 11.9 Å². The Morgan fingerprint density at radius 3 is 2.55 bits per heavy atom. The first-order chi connectivity index (χ1) is 14.9. The van der Waals surface area contributed by atoms with E-state index in [1.165, 1.54) is 0 Å². The minimum atomic E-state index is -0.943. The lowest BCUT2D eigenvalue weighted by atomic mass is 10.1. The number of carboxylic acids is 1. The van der Waals surface area contributed by atoms with Crippen molar-refractivity contribution < 1.29 is 19.4 Å². The summed E-state index contributed by atoms with van der Waals surface area (Å²) in [7, 11) is 0. The number of ether oxygens (including phenoxy) is 2. The molecule has 0 unspecified atom stereocenters. The maximum Gasteiger partial charge on any atom is 0.336 e. The lowest BCUT2D eigenvalue weighted by Crippen LogP contribution is -2.06. The van der Waals surface area contributed by atoms with Gasteiger partial charge in [0.1, 0.15) is 6.61 Å². The quantitative estimate of drug-likeness (QED) is 0.377. The van der Waals surface area contributed by atoms with Gasteiger partial charge in [-0.2, -0.15) is 0 Å². The van der Waals surface area contributed by atoms with Crippen LogP contribution in [0.5, 0.6) is 11.5 Å². The monoisotopic (exact) mass is 459 g/mol. The molecule has 0 fully saturated rings. The smallest absolute Gasteiger partial charge is 0.336 e. The van der Waals surface area contributed by atoms with Gasteiger partial charge in [-0.15, -0.1) is 0 Å². The van der Waals surface area contributed by atoms with E-state index in [2.05, 4.69) is 5.32 Å². The third kappa shape index (κ3) is 5.84. The molecule has 5 nitrogen and oxygen atoms in total. The number of rotatable bonds is 9. The number of halogens is 2. The second kappa shape index (κ2) is 10.4. The minimum Gasteiger partial charge on any atom is -0.490 e. The van der Waals surface area contributed by atoms with Crippen molar-refractivity contribution in [3.63, 3.8) is 0 Å². The van der Waals surface area contributed by atoms with Crippen LogP contribution in [0.3, 0.4) is 0 Å². The van der Waals surface area contributed by atoms with Gasteiger partial charge in [0.15, 0.2) is 11.5 Å². The predicted octanol–water partition coefficient (Wildman–Crippen LogP) is 6.59. The van der Waals surface area contributed by atoms with Gasteiger partial charge >= 0.3 is 5.97 Å². The summed E-state index contributed by atoms with van der Waals surface area (Å²) in [6.45, 7) is 4.98. The topological polar surface area (TPSA) is 67.8 Å². The van der Waals surface area contributed by atoms with E-state index in [4.69, 9.17) is 32.7 Å². The van der Waals surface area contributed by atoms with E-state index in [1.54, 1.807) is 31.2 Å². The Morgan fingerprint density at radius 2 is 1.84 bits per heavy atom. The molecule has 0 saturated heterocycles. The SMILES string of the molecule is CCOc1cc(CNc2cccc(C(=O)O)c2C)ccc1OCc1ccc(Cl)cc1Cl. The van der Waals surface area contributed by atoms with Crippen molar-refractivity contribution in [1.82, 2.24) is 0 Å². The summed E-state index contributed by atoms with van der Waals surface area (Å²) in [5.41, 5.74) is 3.55. The van der Waals surface area contributed by atoms with Crippen LogP contribution in [-0.4, -0.2) is 17.7 Å². The standard InChI is InChI=1S/C24H23Cl2NO4/c1-3-30-23-11-16(13-27-21-6-4-5-19(15(21)2)24(28)29)7-10-22(23)31-14-17-8-9-18(25)12-20(17)26/h4-12,27H,3,13-14H2,1-2H3,(H,28,29). The molecular weight excluding hydrogens is 437 g/mol. The second-order valence-corrected chi connectivity index (χ2v) is 7.72. The van der Waals surface area contributed by atoms with Gasteiger partial charge in [0, 0.05) is 27.8 Å². The summed E-state index contributed by atoms with van der Waals surface area (Å²) >= 11 is 12.2. The molecule has 0 aliphatic rings. The molecule has 0 aromatic heterocycles. The van der Waals surface area contributed by atoms with Gasteiger partial charge in [-0.1, -0.05) is 41.4 Å². The molecule has 2 N–H and O–H groups in total. The summed E-state index contributed by atoms with van der Waals surface area (Å²) in [5.74, 6) is 0.297. The van der Waals surface area contributed by atoms with Gasteiger partial charge in [0.2, 0.25) is 0 Å². The number of hydrogen-bond donors (Lipinski definition) is 2. The van der Waals surface area contributed by atoms with E-state index in [-0.39, 0.29) is 12.2 Å². The summed E-state index contributed by atoms with van der Waals surface area (Å²) in [6, 6.07) is 16.2. The normalized spacial score (nSPS) is 10.6. The fraction of sp³-hybridized carbons (Fsp3) is 0.208. The highest BCUT2D eigenvalue weighted by atomic mass is 35.5. The molecule has 0 bridgehead atoms. The Morgan fingerprint density at radius 1 is 1.03 bits per heavy atom. The average Bonchev–Trinajstić information content (AvgIpc) is 2.73. The third-order valence-electron chi connectivity index (χ3n) is 4.75. The van der Waals surface area contributed by atoms with Crippen LogP contribution in [0, 0.1) is 6.92 Å². The van der Waals surface area contributed by atoms with Gasteiger partial charge in [-0.3, -0.25) is 0 Å². The highest BCUT2D eigenvalue weighted by molar-refractivity contribution is 6.35. The first kappa shape index (κ1) is 22.8. The van der Waals surface area contributed by atoms with Crippen molar-refractivity contribution in [2.24, 2.45) is 0 Å². The second-order valence-electron chi connectivity index (χ2n) is 6.88. The maximum atomic E-state index is 11.3. The molecule has 0 saturated carbocycles. The number of anilines is 1. The first-order valence-electron chi connectivity index (χ1n) is 9.78. The lowest BCUT2D eigenvalue weighted by molar-refractivity contribution is 0.0696. The highest BCUT2D eigenvalue weighted by Crippen LogP contribution is 2.31. The number of aromatic carboxylic acids is 1. The molecule has 3 aromatic rings. The van der Waals surface area contributed by atoms with E-state index in [1.807, 2.05) is 37.3 Å². The Balaban J connectivity index is 1.73. The zero-order valence-electron chi connectivity index (χ0n) is 17.2. The van der Waals surface area contributed by atoms with Gasteiger partial charge in [0.05, 0.1) is 12.2 Å². The van der Waals surface area contributed by atoms with Crippen LogP contribution in [0.15, 0.2) is 54.6 Å². The van der Waals surface area contributed by atoms with Crippen LogP contribution in [0.2, 0.25) is 10.0 Å². The first-order valence-corrected chi connectivity index (χ1v) is 10.5. The van der Waals surface area contributed by atoms with Crippen molar-refractivity contribution in [2.45, 2.75) is 27.0 Å². The van der Waals surface area contributed by atoms with Crippen molar-refractivity contribution in [1.29, 1.82) is 0 Å². The molecule has 162 valence electrons. The van der Waals surface area contributed by atoms with Crippen LogP contribution in [-0.2, 0) is 13.2 Å². The average molecular weight is 460 g/mol. The molecule has 0 aliphatic carbocycles. The summed E-state index contributed by atoms with van der Waals surface area (Å²) in [6.07, 6.45) is 0. The Labute approximate surface area is 191 Å². The molecule has 7 heteroatoms. The Kier molecular flexibility index (Phi) is 7.66. The fourth-order valence-electron chi connectivity index (χ4n) is 3.10. The van der Waals surface area contributed by atoms with Gasteiger partial charge in [0.25, 0.3) is 0 Å². The molecule has 0 spiro atoms. The number of hydrogen-bond acceptors (Lipinski definition) is 4. The lowest BCUT2D eigenvalue weighted by Gasteiger charge is -2.15. The predicted molar refractivity (Wildman–Crippen MR) is 124 cm³/mol. The number of benzene rings is 3. The van der Waals surface area contributed by atoms with Crippen LogP contribution < -0.4 is 14.8 Å². The van der Waals surface area contributed by atoms with Crippen molar-refractivity contribution in [3.05, 3.63) is 86.9 Å². The highest BCUT2D eigenvalue weighted by Gasteiger charge is 2.12. The van der Waals surface area contributed by atoms with Gasteiger partial charge in [-0.25, -0.2) is 4.79 Å². The molecule has 31 heavy (non-hydrogen) atoms. The van der Waals surface area contributed by atoms with Crippen molar-refractivity contribution in [3.8, 4) is 11.5 Å². The van der Waals surface area contributed by atoms with E-state index in [0.29, 0.717) is 40.3 Å². The molecule has 0 aliphatic heterocycles. The zero-order valence-corrected chi connectivity index (χ0v) is 18.8. The van der Waals surface area contributed by atoms with Gasteiger partial charge in [-0.05, 0) is 61.4 Å². The summed E-state index contributed by atoms with van der Waals surface area (Å²) in [4.78, 5) is 11.3. The number of nitrogens with one attached hydrogen (secondary N) is 1. The molecule has 0 amide bonds. The van der Waals surface area contributed by atoms with Crippen LogP contribution in [0.1, 0.15) is 34.0 Å². The van der Waals surface area contributed by atoms with Crippen LogP contribution in [0.25, 0.3) is 0 Å². The number of carboxylic acid groups (broad SMARTS) is 1. The van der Waals surface area contributed by atoms with Crippen molar-refractivity contribution >= 4 is 34.9 Å². The van der Waals surface area contributed by atoms with E-state index in [0.717, 1.165) is 16.8 Å². The molecule has 0 heterocycles. The van der Waals surface area contributed by atoms with E-state index >= 15 is 0 Å². The molecular formula is C24H23Cl2NO4. The minimum absolute atomic E-state index is 0.282. The summed E-state index contributed by atoms with van der Waals surface area (Å²) < 4.78 is 11.7. The van der Waals surface area contributed by atoms with E-state index in [9.17, 15) is 9.90 Å². The van der Waals surface area contributed by atoms with Crippen LogP contribution in [0.4, 0.5) is 5.69 Å². The number of carbonyl (C=O) groups is 1. The Hall–Kier alpha value is -2.89. The molecule has 0 radical (unpaired) electrons. The van der Waals surface area contributed by atoms with E-state index < -0.39 is 5.97 Å². The molecule has 0 atom stereocenters. The largest absolute Gasteiger partial charge is 0.490 e. The molecule has 3 aromatic carbocycles. The van der Waals surface area contributed by atoms with Crippen LogP contribution >= 0.6 is 23.2 Å². The third-order valence-corrected chi connectivity index (χ3v) is 5.34. The molecule has 3 rings (SSSR count).